The van der Waals surface area contributed by atoms with Gasteiger partial charge in [-0.15, -0.1) is 0 Å². The first-order valence-electron chi connectivity index (χ1n) is 16.5. The lowest BCUT2D eigenvalue weighted by molar-refractivity contribution is -0.133. The number of anilines is 1. The summed E-state index contributed by atoms with van der Waals surface area (Å²) in [5, 5.41) is 2.56. The largest absolute Gasteiger partial charge is 0.462 e. The quantitative estimate of drug-likeness (QED) is 0.0640. The van der Waals surface area contributed by atoms with E-state index in [0.29, 0.717) is 4.90 Å². The molecule has 1 saturated heterocycles. The van der Waals surface area contributed by atoms with E-state index in [1.165, 1.54) is 120 Å². The second-order valence-electron chi connectivity index (χ2n) is 11.8. The number of Topliss-reactive ketones (excluding diaryl/α,β-unsaturated/α-hetero) is 1. The fraction of sp³-hybridized carbons (Fsp3) is 0.588. The molecule has 0 saturated carbocycles. The molecule has 1 aromatic carbocycles. The predicted molar refractivity (Wildman–Crippen MR) is 175 cm³/mol. The van der Waals surface area contributed by atoms with Crippen molar-refractivity contribution in [2.45, 2.75) is 116 Å². The monoisotopic (exact) mass is 658 g/mol. The third kappa shape index (κ3) is 10.7. The van der Waals surface area contributed by atoms with Gasteiger partial charge in [-0.2, -0.15) is 0 Å². The van der Waals surface area contributed by atoms with E-state index in [2.05, 4.69) is 17.2 Å². The number of ether oxygens (including phenoxy) is 2. The average molecular weight is 659 g/mol. The van der Waals surface area contributed by atoms with Crippen LogP contribution in [-0.4, -0.2) is 62.9 Å². The Hall–Kier alpha value is -3.73. The van der Waals surface area contributed by atoms with Crippen molar-refractivity contribution in [3.05, 3.63) is 47.0 Å². The number of amides is 3. The minimum Gasteiger partial charge on any atom is -0.462 e. The summed E-state index contributed by atoms with van der Waals surface area (Å²) in [7, 11) is 1.53. The number of nitrogens with one attached hydrogen (secondary N) is 1. The minimum atomic E-state index is -1.92. The number of imidazole rings is 1. The maximum Gasteiger partial charge on any atom is 0.418 e. The topological polar surface area (TPSA) is 137 Å². The lowest BCUT2D eigenvalue weighted by atomic mass is 10.0. The molecule has 3 amide bonds. The highest BCUT2D eigenvalue weighted by atomic mass is 35.5. The number of cyclic esters (lactones) is 1. The van der Waals surface area contributed by atoms with Crippen molar-refractivity contribution >= 4 is 46.9 Å². The van der Waals surface area contributed by atoms with E-state index in [0.717, 1.165) is 19.3 Å². The zero-order valence-electron chi connectivity index (χ0n) is 27.2. The number of aromatic nitrogens is 2. The predicted octanol–water partition coefficient (Wildman–Crippen LogP) is 7.27. The molecule has 2 atom stereocenters. The third-order valence-corrected chi connectivity index (χ3v) is 8.38. The summed E-state index contributed by atoms with van der Waals surface area (Å²) in [5.74, 6) is -3.51. The van der Waals surface area contributed by atoms with Gasteiger partial charge in [-0.25, -0.2) is 19.5 Å². The van der Waals surface area contributed by atoms with Gasteiger partial charge in [0, 0.05) is 19.4 Å². The highest BCUT2D eigenvalue weighted by molar-refractivity contribution is 6.34. The molecule has 0 bridgehead atoms. The van der Waals surface area contributed by atoms with E-state index in [9.17, 15) is 24.0 Å². The number of hydrogen-bond donors (Lipinski definition) is 1. The van der Waals surface area contributed by atoms with Gasteiger partial charge in [0.25, 0.3) is 11.8 Å². The molecule has 12 heteroatoms. The van der Waals surface area contributed by atoms with Crippen LogP contribution >= 0.6 is 11.6 Å². The van der Waals surface area contributed by atoms with Gasteiger partial charge in [-0.3, -0.25) is 14.4 Å². The molecule has 0 aliphatic carbocycles. The normalized spacial score (nSPS) is 15.1. The molecule has 1 aliphatic rings. The standard InChI is InChI=1S/C34H47ClN4O7/c1-4-5-6-7-8-9-10-11-12-13-14-15-16-17-22-45-33(43)25-18-19-26(35)27(23-25)37-31(41)28(29(40)30-36-20-21-38(30)3)39-32(42)24(2)46-34(39)44/h18-21,23-24,28H,4-17,22H2,1-3H3,(H,37,41). The smallest absolute Gasteiger partial charge is 0.418 e. The van der Waals surface area contributed by atoms with Gasteiger partial charge < -0.3 is 19.4 Å². The van der Waals surface area contributed by atoms with E-state index in [1.54, 1.807) is 0 Å². The molecule has 11 nitrogen and oxygen atoms in total. The van der Waals surface area contributed by atoms with Crippen molar-refractivity contribution in [2.24, 2.45) is 7.05 Å². The number of unbranched alkanes of at least 4 members (excludes halogenated alkanes) is 13. The Balaban J connectivity index is 1.47. The molecule has 0 spiro atoms. The number of ketones is 1. The molecular weight excluding hydrogens is 612 g/mol. The van der Waals surface area contributed by atoms with Crippen molar-refractivity contribution in [3.8, 4) is 0 Å². The van der Waals surface area contributed by atoms with Crippen LogP contribution in [0.5, 0.6) is 0 Å². The Bertz CT molecular complexity index is 1340. The average Bonchev–Trinajstić information content (AvgIpc) is 3.57. The van der Waals surface area contributed by atoms with Crippen molar-refractivity contribution in [1.29, 1.82) is 0 Å². The lowest BCUT2D eigenvalue weighted by Gasteiger charge is -2.22. The molecule has 1 fully saturated rings. The van der Waals surface area contributed by atoms with Gasteiger partial charge in [0.2, 0.25) is 5.78 Å². The number of carbonyl (C=O) groups excluding carboxylic acids is 5. The zero-order chi connectivity index (χ0) is 33.5. The second-order valence-corrected chi connectivity index (χ2v) is 12.2. The molecule has 0 radical (unpaired) electrons. The molecule has 2 aromatic rings. The summed E-state index contributed by atoms with van der Waals surface area (Å²) in [4.78, 5) is 69.2. The van der Waals surface area contributed by atoms with Gasteiger partial charge in [-0.05, 0) is 31.5 Å². The summed E-state index contributed by atoms with van der Waals surface area (Å²) < 4.78 is 11.7. The van der Waals surface area contributed by atoms with Crippen LogP contribution in [0, 0.1) is 0 Å². The Labute approximate surface area is 276 Å². The minimum absolute atomic E-state index is 0.00307. The highest BCUT2D eigenvalue weighted by Gasteiger charge is 2.49. The Morgan fingerprint density at radius 3 is 2.07 bits per heavy atom. The fourth-order valence-corrected chi connectivity index (χ4v) is 5.51. The van der Waals surface area contributed by atoms with Gasteiger partial charge in [0.05, 0.1) is 22.9 Å². The molecular formula is C34H47ClN4O7. The Kier molecular flexibility index (Phi) is 15.2. The van der Waals surface area contributed by atoms with Crippen LogP contribution < -0.4 is 5.32 Å². The molecule has 1 aromatic heterocycles. The number of carbonyl (C=O) groups is 5. The number of benzene rings is 1. The molecule has 3 rings (SSSR count). The van der Waals surface area contributed by atoms with Crippen LogP contribution in [0.3, 0.4) is 0 Å². The van der Waals surface area contributed by atoms with Crippen molar-refractivity contribution in [3.63, 3.8) is 0 Å². The number of hydrogen-bond acceptors (Lipinski definition) is 8. The maximum absolute atomic E-state index is 13.5. The SMILES string of the molecule is CCCCCCCCCCCCCCCCOC(=O)c1ccc(Cl)c(NC(=O)C(C(=O)c2nccn2C)N2C(=O)OC(C)C2=O)c1. The van der Waals surface area contributed by atoms with Crippen LogP contribution in [0.15, 0.2) is 30.6 Å². The van der Waals surface area contributed by atoms with Crippen molar-refractivity contribution < 1.29 is 33.4 Å². The number of imide groups is 1. The first kappa shape index (κ1) is 36.7. The van der Waals surface area contributed by atoms with Gasteiger partial charge in [-0.1, -0.05) is 102 Å². The van der Waals surface area contributed by atoms with Crippen LogP contribution in [0.4, 0.5) is 10.5 Å². The molecule has 2 unspecified atom stereocenters. The van der Waals surface area contributed by atoms with Crippen LogP contribution in [-0.2, 0) is 26.1 Å². The van der Waals surface area contributed by atoms with Crippen LogP contribution in [0.25, 0.3) is 0 Å². The third-order valence-electron chi connectivity index (χ3n) is 8.05. The highest BCUT2D eigenvalue weighted by Crippen LogP contribution is 2.26. The van der Waals surface area contributed by atoms with Gasteiger partial charge in [0.1, 0.15) is 0 Å². The molecule has 46 heavy (non-hydrogen) atoms. The van der Waals surface area contributed by atoms with E-state index < -0.39 is 41.8 Å². The van der Waals surface area contributed by atoms with E-state index in [1.807, 2.05) is 0 Å². The first-order chi connectivity index (χ1) is 22.1. The van der Waals surface area contributed by atoms with Crippen LogP contribution in [0.2, 0.25) is 5.02 Å². The second kappa shape index (κ2) is 19.1. The van der Waals surface area contributed by atoms with Crippen LogP contribution in [0.1, 0.15) is 125 Å². The number of nitrogens with zero attached hydrogens (tertiary/aromatic N) is 3. The lowest BCUT2D eigenvalue weighted by Crippen LogP contribution is -2.52. The van der Waals surface area contributed by atoms with Gasteiger partial charge >= 0.3 is 12.1 Å². The van der Waals surface area contributed by atoms with Gasteiger partial charge in [0.15, 0.2) is 18.0 Å². The number of halogens is 1. The van der Waals surface area contributed by atoms with Crippen molar-refractivity contribution in [1.82, 2.24) is 14.5 Å². The molecule has 1 N–H and O–H groups in total. The van der Waals surface area contributed by atoms with E-state index >= 15 is 0 Å². The summed E-state index contributed by atoms with van der Waals surface area (Å²) in [6.07, 6.45) is 17.7. The number of rotatable bonds is 21. The zero-order valence-corrected chi connectivity index (χ0v) is 28.0. The van der Waals surface area contributed by atoms with E-state index in [4.69, 9.17) is 21.1 Å². The summed E-state index contributed by atoms with van der Waals surface area (Å²) in [6, 6.07) is 2.28. The maximum atomic E-state index is 13.5. The summed E-state index contributed by atoms with van der Waals surface area (Å²) in [6.45, 7) is 3.84. The summed E-state index contributed by atoms with van der Waals surface area (Å²) >= 11 is 6.30. The first-order valence-corrected chi connectivity index (χ1v) is 16.9. The molecule has 2 heterocycles. The van der Waals surface area contributed by atoms with E-state index in [-0.39, 0.29) is 28.7 Å². The number of esters is 1. The Morgan fingerprint density at radius 1 is 0.957 bits per heavy atom. The Morgan fingerprint density at radius 2 is 1.54 bits per heavy atom. The number of aryl methyl sites for hydroxylation is 1. The fourth-order valence-electron chi connectivity index (χ4n) is 5.35. The van der Waals surface area contributed by atoms with Crippen molar-refractivity contribution in [2.75, 3.05) is 11.9 Å². The summed E-state index contributed by atoms with van der Waals surface area (Å²) in [5.41, 5.74) is 0.144. The molecule has 1 aliphatic heterocycles. The molecule has 252 valence electrons.